The second-order valence-corrected chi connectivity index (χ2v) is 5.45. The monoisotopic (exact) mass is 191 g/mol. The summed E-state index contributed by atoms with van der Waals surface area (Å²) in [6.07, 6.45) is 1.99. The molecule has 0 saturated heterocycles. The highest BCUT2D eigenvalue weighted by atomic mass is 32.2. The van der Waals surface area contributed by atoms with Crippen molar-refractivity contribution < 1.29 is 4.21 Å². The molecule has 2 atom stereocenters. The molecule has 0 radical (unpaired) electrons. The smallest absolute Gasteiger partial charge is 0.0257 e. The molecule has 2 unspecified atom stereocenters. The minimum Gasteiger partial charge on any atom is -0.328 e. The molecule has 0 spiro atoms. The maximum Gasteiger partial charge on any atom is 0.0257 e. The van der Waals surface area contributed by atoms with Crippen molar-refractivity contribution in [1.82, 2.24) is 0 Å². The van der Waals surface area contributed by atoms with Crippen LogP contribution in [0.1, 0.15) is 33.6 Å². The van der Waals surface area contributed by atoms with Crippen LogP contribution in [0.3, 0.4) is 0 Å². The Bertz CT molecular complexity index is 134. The number of hydrogen-bond donors (Lipinski definition) is 1. The highest BCUT2D eigenvalue weighted by Gasteiger charge is 2.03. The lowest BCUT2D eigenvalue weighted by molar-refractivity contribution is 0.637. The van der Waals surface area contributed by atoms with Gasteiger partial charge in [-0.3, -0.25) is 4.21 Å². The molecule has 0 aliphatic heterocycles. The van der Waals surface area contributed by atoms with Crippen molar-refractivity contribution in [2.75, 3.05) is 11.5 Å². The standard InChI is InChI=1S/C9H21NOS/c1-8(2)7-12(11)6-4-5-9(3)10/h8-9H,4-7,10H2,1-3H3. The second kappa shape index (κ2) is 6.61. The van der Waals surface area contributed by atoms with Gasteiger partial charge in [-0.1, -0.05) is 13.8 Å². The summed E-state index contributed by atoms with van der Waals surface area (Å²) in [5.41, 5.74) is 5.58. The van der Waals surface area contributed by atoms with E-state index in [0.29, 0.717) is 5.92 Å². The summed E-state index contributed by atoms with van der Waals surface area (Å²) in [6.45, 7) is 6.19. The van der Waals surface area contributed by atoms with Gasteiger partial charge in [-0.25, -0.2) is 0 Å². The van der Waals surface area contributed by atoms with Gasteiger partial charge in [0.2, 0.25) is 0 Å². The summed E-state index contributed by atoms with van der Waals surface area (Å²) in [5, 5.41) is 0. The summed E-state index contributed by atoms with van der Waals surface area (Å²) in [5.74, 6) is 2.19. The van der Waals surface area contributed by atoms with Gasteiger partial charge < -0.3 is 5.73 Å². The molecule has 0 aromatic heterocycles. The van der Waals surface area contributed by atoms with E-state index in [4.69, 9.17) is 5.73 Å². The third-order valence-corrected chi connectivity index (χ3v) is 3.33. The summed E-state index contributed by atoms with van der Waals surface area (Å²) < 4.78 is 11.3. The maximum absolute atomic E-state index is 11.3. The molecule has 0 aromatic rings. The number of nitrogens with two attached hydrogens (primary N) is 1. The van der Waals surface area contributed by atoms with Crippen LogP contribution >= 0.6 is 0 Å². The van der Waals surface area contributed by atoms with Crippen molar-refractivity contribution in [1.29, 1.82) is 0 Å². The third-order valence-electron chi connectivity index (χ3n) is 1.55. The zero-order chi connectivity index (χ0) is 9.56. The van der Waals surface area contributed by atoms with Crippen LogP contribution in [0.15, 0.2) is 0 Å². The Morgan fingerprint density at radius 2 is 1.92 bits per heavy atom. The summed E-state index contributed by atoms with van der Waals surface area (Å²) in [4.78, 5) is 0. The summed E-state index contributed by atoms with van der Waals surface area (Å²) >= 11 is 0. The zero-order valence-electron chi connectivity index (χ0n) is 8.38. The molecule has 74 valence electrons. The SMILES string of the molecule is CC(C)CS(=O)CCCC(C)N. The number of hydrogen-bond acceptors (Lipinski definition) is 2. The molecule has 0 heterocycles. The predicted octanol–water partition coefficient (Wildman–Crippen LogP) is 1.52. The first-order valence-corrected chi connectivity index (χ1v) is 6.11. The highest BCUT2D eigenvalue weighted by molar-refractivity contribution is 7.84. The molecule has 0 aromatic carbocycles. The molecule has 0 aliphatic rings. The number of rotatable bonds is 6. The topological polar surface area (TPSA) is 43.1 Å². The van der Waals surface area contributed by atoms with Crippen molar-refractivity contribution in [3.8, 4) is 0 Å². The van der Waals surface area contributed by atoms with Gasteiger partial charge in [-0.2, -0.15) is 0 Å². The van der Waals surface area contributed by atoms with E-state index in [0.717, 1.165) is 24.3 Å². The Morgan fingerprint density at radius 1 is 1.33 bits per heavy atom. The van der Waals surface area contributed by atoms with Crippen LogP contribution in [0.25, 0.3) is 0 Å². The first-order valence-electron chi connectivity index (χ1n) is 4.63. The van der Waals surface area contributed by atoms with E-state index < -0.39 is 10.8 Å². The van der Waals surface area contributed by atoms with E-state index >= 15 is 0 Å². The van der Waals surface area contributed by atoms with Crippen LogP contribution in [-0.2, 0) is 10.8 Å². The van der Waals surface area contributed by atoms with Crippen molar-refractivity contribution >= 4 is 10.8 Å². The van der Waals surface area contributed by atoms with Gasteiger partial charge in [-0.15, -0.1) is 0 Å². The Kier molecular flexibility index (Phi) is 6.67. The van der Waals surface area contributed by atoms with E-state index in [-0.39, 0.29) is 6.04 Å². The van der Waals surface area contributed by atoms with Crippen molar-refractivity contribution in [3.63, 3.8) is 0 Å². The molecule has 0 fully saturated rings. The molecule has 2 nitrogen and oxygen atoms in total. The van der Waals surface area contributed by atoms with Gasteiger partial charge in [0.25, 0.3) is 0 Å². The molecule has 0 rings (SSSR count). The Balaban J connectivity index is 3.32. The summed E-state index contributed by atoms with van der Waals surface area (Å²) in [6, 6.07) is 0.251. The third kappa shape index (κ3) is 8.21. The van der Waals surface area contributed by atoms with Gasteiger partial charge in [0.05, 0.1) is 0 Å². The quantitative estimate of drug-likeness (QED) is 0.691. The highest BCUT2D eigenvalue weighted by Crippen LogP contribution is 2.00. The van der Waals surface area contributed by atoms with Gasteiger partial charge in [0.1, 0.15) is 0 Å². The van der Waals surface area contributed by atoms with Crippen LogP contribution in [0.5, 0.6) is 0 Å². The van der Waals surface area contributed by atoms with Gasteiger partial charge in [-0.05, 0) is 25.7 Å². The largest absolute Gasteiger partial charge is 0.328 e. The lowest BCUT2D eigenvalue weighted by Crippen LogP contribution is -2.16. The van der Waals surface area contributed by atoms with Crippen molar-refractivity contribution in [2.45, 2.75) is 39.7 Å². The molecular weight excluding hydrogens is 170 g/mol. The summed E-state index contributed by atoms with van der Waals surface area (Å²) in [7, 11) is -0.622. The molecule has 12 heavy (non-hydrogen) atoms. The molecule has 0 amide bonds. The van der Waals surface area contributed by atoms with Gasteiger partial charge in [0.15, 0.2) is 0 Å². The molecule has 0 aliphatic carbocycles. The Labute approximate surface area is 78.4 Å². The normalized spacial score (nSPS) is 16.4. The van der Waals surface area contributed by atoms with Gasteiger partial charge in [0, 0.05) is 28.3 Å². The molecule has 0 saturated carbocycles. The average molecular weight is 191 g/mol. The van der Waals surface area contributed by atoms with Gasteiger partial charge >= 0.3 is 0 Å². The maximum atomic E-state index is 11.3. The lowest BCUT2D eigenvalue weighted by Gasteiger charge is -2.06. The zero-order valence-corrected chi connectivity index (χ0v) is 9.19. The van der Waals surface area contributed by atoms with Crippen LogP contribution in [-0.4, -0.2) is 21.8 Å². The minimum atomic E-state index is -0.622. The van der Waals surface area contributed by atoms with E-state index in [9.17, 15) is 4.21 Å². The fourth-order valence-electron chi connectivity index (χ4n) is 1.02. The fraction of sp³-hybridized carbons (Fsp3) is 1.00. The minimum absolute atomic E-state index is 0.251. The van der Waals surface area contributed by atoms with E-state index in [1.807, 2.05) is 6.92 Å². The van der Waals surface area contributed by atoms with Crippen LogP contribution in [0.4, 0.5) is 0 Å². The van der Waals surface area contributed by atoms with Crippen molar-refractivity contribution in [2.24, 2.45) is 11.7 Å². The fourth-order valence-corrected chi connectivity index (χ4v) is 2.42. The predicted molar refractivity (Wildman–Crippen MR) is 55.6 cm³/mol. The Morgan fingerprint density at radius 3 is 2.33 bits per heavy atom. The molecule has 3 heteroatoms. The van der Waals surface area contributed by atoms with Crippen molar-refractivity contribution in [3.05, 3.63) is 0 Å². The first kappa shape index (κ1) is 12.1. The van der Waals surface area contributed by atoms with E-state index in [2.05, 4.69) is 13.8 Å². The van der Waals surface area contributed by atoms with Crippen LogP contribution < -0.4 is 5.73 Å². The van der Waals surface area contributed by atoms with Crippen LogP contribution in [0.2, 0.25) is 0 Å². The lowest BCUT2D eigenvalue weighted by atomic mass is 10.2. The first-order chi connectivity index (χ1) is 5.52. The van der Waals surface area contributed by atoms with E-state index in [1.54, 1.807) is 0 Å². The Hall–Kier alpha value is 0.110. The average Bonchev–Trinajstić information content (AvgIpc) is 1.84. The molecule has 0 bridgehead atoms. The molecule has 2 N–H and O–H groups in total. The molecular formula is C9H21NOS. The second-order valence-electron chi connectivity index (χ2n) is 3.82. The van der Waals surface area contributed by atoms with Crippen LogP contribution in [0, 0.1) is 5.92 Å². The van der Waals surface area contributed by atoms with E-state index in [1.165, 1.54) is 0 Å².